The van der Waals surface area contributed by atoms with Crippen molar-refractivity contribution in [3.05, 3.63) is 132 Å². The number of thiocarbonyl (C=S) groups is 1. The lowest BCUT2D eigenvalue weighted by molar-refractivity contribution is 0.479. The van der Waals surface area contributed by atoms with E-state index >= 15 is 0 Å². The van der Waals surface area contributed by atoms with Crippen LogP contribution in [0.2, 0.25) is 0 Å². The number of rotatable bonds is 6. The molecule has 1 saturated heterocycles. The van der Waals surface area contributed by atoms with Gasteiger partial charge < -0.3 is 19.5 Å². The Morgan fingerprint density at radius 3 is 2.23 bits per heavy atom. The maximum atomic E-state index is 6.16. The second-order valence-electron chi connectivity index (χ2n) is 9.71. The molecule has 1 aliphatic heterocycles. The molecule has 2 atom stereocenters. The van der Waals surface area contributed by atoms with E-state index in [1.165, 1.54) is 5.56 Å². The van der Waals surface area contributed by atoms with E-state index in [4.69, 9.17) is 21.9 Å². The molecule has 0 bridgehead atoms. The Kier molecular flexibility index (Phi) is 6.59. The minimum absolute atomic E-state index is 0.112. The fraction of sp³-hybridized carbons (Fsp3) is 0.156. The fourth-order valence-corrected chi connectivity index (χ4v) is 5.69. The van der Waals surface area contributed by atoms with Crippen LogP contribution in [0, 0.1) is 20.8 Å². The molecule has 2 aromatic carbocycles. The molecular formula is C32H29N5OS. The number of nitrogens with zero attached hydrogens (tertiary/aromatic N) is 4. The van der Waals surface area contributed by atoms with Crippen LogP contribution < -0.4 is 15.0 Å². The van der Waals surface area contributed by atoms with E-state index in [-0.39, 0.29) is 12.1 Å². The second-order valence-corrected chi connectivity index (χ2v) is 10.1. The van der Waals surface area contributed by atoms with E-state index in [0.717, 1.165) is 45.6 Å². The molecular weight excluding hydrogens is 502 g/mol. The number of ether oxygens (including phenoxy) is 1. The highest BCUT2D eigenvalue weighted by molar-refractivity contribution is 7.80. The number of aryl methyl sites for hydroxylation is 2. The molecule has 6 nitrogen and oxygen atoms in total. The number of aromatic nitrogens is 3. The first-order valence-electron chi connectivity index (χ1n) is 13.0. The van der Waals surface area contributed by atoms with E-state index in [9.17, 15) is 0 Å². The lowest BCUT2D eigenvalue weighted by Crippen LogP contribution is -2.29. The molecule has 0 amide bonds. The molecule has 194 valence electrons. The summed E-state index contributed by atoms with van der Waals surface area (Å²) in [7, 11) is 0. The van der Waals surface area contributed by atoms with E-state index in [1.54, 1.807) is 0 Å². The SMILES string of the molecule is Cc1ccccc1Oc1ccc(N2C(=S)N[C@H](c3ccccn3)[C@@H]2c2cc(C)n(-c3ccccn3)c2C)cc1. The number of hydrogen-bond donors (Lipinski definition) is 1. The summed E-state index contributed by atoms with van der Waals surface area (Å²) in [6.45, 7) is 6.30. The summed E-state index contributed by atoms with van der Waals surface area (Å²) >= 11 is 5.94. The van der Waals surface area contributed by atoms with Crippen molar-refractivity contribution in [2.75, 3.05) is 4.90 Å². The molecule has 0 unspecified atom stereocenters. The van der Waals surface area contributed by atoms with E-state index in [2.05, 4.69) is 51.8 Å². The first-order chi connectivity index (χ1) is 19.0. The summed E-state index contributed by atoms with van der Waals surface area (Å²) in [5.74, 6) is 2.52. The van der Waals surface area contributed by atoms with Crippen molar-refractivity contribution >= 4 is 23.0 Å². The van der Waals surface area contributed by atoms with Crippen LogP contribution >= 0.6 is 12.2 Å². The lowest BCUT2D eigenvalue weighted by Gasteiger charge is -2.28. The third kappa shape index (κ3) is 4.66. The third-order valence-electron chi connectivity index (χ3n) is 7.20. The van der Waals surface area contributed by atoms with Gasteiger partial charge in [0.2, 0.25) is 0 Å². The molecule has 0 radical (unpaired) electrons. The zero-order valence-corrected chi connectivity index (χ0v) is 22.9. The third-order valence-corrected chi connectivity index (χ3v) is 7.52. The van der Waals surface area contributed by atoms with Crippen molar-refractivity contribution in [2.45, 2.75) is 32.9 Å². The number of pyridine rings is 2. The fourth-order valence-electron chi connectivity index (χ4n) is 5.35. The molecule has 39 heavy (non-hydrogen) atoms. The summed E-state index contributed by atoms with van der Waals surface area (Å²) in [5, 5.41) is 4.22. The van der Waals surface area contributed by atoms with Crippen LogP contribution in [-0.4, -0.2) is 19.6 Å². The van der Waals surface area contributed by atoms with Crippen LogP contribution in [0.3, 0.4) is 0 Å². The molecule has 1 fully saturated rings. The summed E-state index contributed by atoms with van der Waals surface area (Å²) in [5.41, 5.74) is 6.41. The summed E-state index contributed by atoms with van der Waals surface area (Å²) in [6, 6.07) is 30.1. The van der Waals surface area contributed by atoms with Gasteiger partial charge >= 0.3 is 0 Å². The molecule has 1 N–H and O–H groups in total. The molecule has 6 rings (SSSR count). The van der Waals surface area contributed by atoms with Gasteiger partial charge in [-0.1, -0.05) is 30.3 Å². The Balaban J connectivity index is 1.41. The van der Waals surface area contributed by atoms with Gasteiger partial charge in [0.15, 0.2) is 5.11 Å². The van der Waals surface area contributed by atoms with Crippen LogP contribution in [0.25, 0.3) is 5.82 Å². The molecule has 7 heteroatoms. The lowest BCUT2D eigenvalue weighted by atomic mass is 9.96. The zero-order chi connectivity index (χ0) is 26.9. The normalized spacial score (nSPS) is 16.8. The van der Waals surface area contributed by atoms with Crippen molar-refractivity contribution in [2.24, 2.45) is 0 Å². The largest absolute Gasteiger partial charge is 0.457 e. The van der Waals surface area contributed by atoms with Gasteiger partial charge in [0.05, 0.1) is 17.8 Å². The van der Waals surface area contributed by atoms with Gasteiger partial charge in [-0.3, -0.25) is 4.98 Å². The average molecular weight is 532 g/mol. The highest BCUT2D eigenvalue weighted by Crippen LogP contribution is 2.44. The minimum atomic E-state index is -0.126. The molecule has 3 aromatic heterocycles. The summed E-state index contributed by atoms with van der Waals surface area (Å²) < 4.78 is 8.35. The van der Waals surface area contributed by atoms with Crippen LogP contribution in [-0.2, 0) is 0 Å². The summed E-state index contributed by atoms with van der Waals surface area (Å²) in [6.07, 6.45) is 3.65. The topological polar surface area (TPSA) is 55.2 Å². The first kappa shape index (κ1) is 24.8. The molecule has 0 spiro atoms. The number of para-hydroxylation sites is 1. The van der Waals surface area contributed by atoms with Crippen LogP contribution in [0.5, 0.6) is 11.5 Å². The minimum Gasteiger partial charge on any atom is -0.457 e. The van der Waals surface area contributed by atoms with E-state index < -0.39 is 0 Å². The van der Waals surface area contributed by atoms with Crippen molar-refractivity contribution in [1.82, 2.24) is 19.9 Å². The average Bonchev–Trinajstić information content (AvgIpc) is 3.46. The van der Waals surface area contributed by atoms with Crippen molar-refractivity contribution in [1.29, 1.82) is 0 Å². The molecule has 4 heterocycles. The first-order valence-corrected chi connectivity index (χ1v) is 13.4. The molecule has 0 saturated carbocycles. The van der Waals surface area contributed by atoms with Gasteiger partial charge in [-0.05, 0) is 105 Å². The van der Waals surface area contributed by atoms with Crippen molar-refractivity contribution in [3.8, 4) is 17.3 Å². The van der Waals surface area contributed by atoms with Crippen LogP contribution in [0.1, 0.15) is 40.3 Å². The molecule has 5 aromatic rings. The maximum Gasteiger partial charge on any atom is 0.174 e. The maximum absolute atomic E-state index is 6.16. The number of benzene rings is 2. The number of nitrogens with one attached hydrogen (secondary N) is 1. The smallest absolute Gasteiger partial charge is 0.174 e. The highest BCUT2D eigenvalue weighted by atomic mass is 32.1. The monoisotopic (exact) mass is 531 g/mol. The Bertz CT molecular complexity index is 1620. The standard InChI is InChI=1S/C32H29N5OS/c1-21-10-4-5-12-28(21)38-25-16-14-24(15-17-25)37-31(30(35-32(37)39)27-11-6-8-18-33-27)26-20-22(2)36(23(26)3)29-13-7-9-19-34-29/h4-20,30-31H,1-3H3,(H,35,39)/t30-,31+/m1/s1. The zero-order valence-electron chi connectivity index (χ0n) is 22.1. The van der Waals surface area contributed by atoms with Gasteiger partial charge in [-0.2, -0.15) is 0 Å². The Morgan fingerprint density at radius 2 is 1.54 bits per heavy atom. The Hall–Kier alpha value is -4.49. The second kappa shape index (κ2) is 10.3. The molecule has 0 aliphatic carbocycles. The Labute approximate surface area is 233 Å². The van der Waals surface area contributed by atoms with Gasteiger partial charge in [0, 0.05) is 29.5 Å². The highest BCUT2D eigenvalue weighted by Gasteiger charge is 2.42. The molecule has 1 aliphatic rings. The van der Waals surface area contributed by atoms with Gasteiger partial charge in [-0.25, -0.2) is 4.98 Å². The number of hydrogen-bond acceptors (Lipinski definition) is 4. The predicted octanol–water partition coefficient (Wildman–Crippen LogP) is 7.16. The van der Waals surface area contributed by atoms with Gasteiger partial charge in [0.1, 0.15) is 17.3 Å². The van der Waals surface area contributed by atoms with Gasteiger partial charge in [0.25, 0.3) is 0 Å². The quantitative estimate of drug-likeness (QED) is 0.235. The van der Waals surface area contributed by atoms with Crippen LogP contribution in [0.15, 0.2) is 103 Å². The summed E-state index contributed by atoms with van der Waals surface area (Å²) in [4.78, 5) is 11.5. The van der Waals surface area contributed by atoms with Crippen molar-refractivity contribution < 1.29 is 4.74 Å². The number of anilines is 1. The Morgan fingerprint density at radius 1 is 0.821 bits per heavy atom. The predicted molar refractivity (Wildman–Crippen MR) is 159 cm³/mol. The van der Waals surface area contributed by atoms with E-state index in [1.807, 2.05) is 92.1 Å². The van der Waals surface area contributed by atoms with Gasteiger partial charge in [-0.15, -0.1) is 0 Å². The van der Waals surface area contributed by atoms with Crippen LogP contribution in [0.4, 0.5) is 5.69 Å². The van der Waals surface area contributed by atoms with E-state index in [0.29, 0.717) is 5.11 Å². The van der Waals surface area contributed by atoms with Crippen molar-refractivity contribution in [3.63, 3.8) is 0 Å².